The fraction of sp³-hybridized carbons (Fsp3) is 0.378. The highest BCUT2D eigenvalue weighted by molar-refractivity contribution is 6.03. The number of rotatable bonds is 9. The van der Waals surface area contributed by atoms with E-state index in [1.54, 1.807) is 20.5 Å². The minimum atomic E-state index is 0.0326. The lowest BCUT2D eigenvalue weighted by molar-refractivity contribution is 0.0895. The maximum absolute atomic E-state index is 13.5. The lowest BCUT2D eigenvalue weighted by Gasteiger charge is -2.33. The van der Waals surface area contributed by atoms with Crippen LogP contribution in [0.4, 0.5) is 5.69 Å². The molecule has 3 aromatic rings. The summed E-state index contributed by atoms with van der Waals surface area (Å²) in [6.07, 6.45) is 9.94. The number of allylic oxidation sites excluding steroid dienone is 1. The van der Waals surface area contributed by atoms with Crippen molar-refractivity contribution in [3.63, 3.8) is 0 Å². The van der Waals surface area contributed by atoms with Crippen LogP contribution in [0.1, 0.15) is 60.2 Å². The van der Waals surface area contributed by atoms with Gasteiger partial charge in [-0.2, -0.15) is 0 Å². The number of anilines is 1. The average molecular weight is 579 g/mol. The first-order valence-corrected chi connectivity index (χ1v) is 15.5. The van der Waals surface area contributed by atoms with Crippen molar-refractivity contribution in [2.45, 2.75) is 52.1 Å². The Kier molecular flexibility index (Phi) is 8.57. The highest BCUT2D eigenvalue weighted by atomic mass is 16.5. The van der Waals surface area contributed by atoms with Crippen molar-refractivity contribution in [2.24, 2.45) is 11.8 Å². The van der Waals surface area contributed by atoms with Crippen LogP contribution < -0.4 is 19.1 Å². The molecule has 1 atom stereocenters. The second kappa shape index (κ2) is 12.7. The van der Waals surface area contributed by atoms with Crippen molar-refractivity contribution >= 4 is 17.5 Å². The molecular formula is C37H42N2O4. The molecule has 6 heteroatoms. The van der Waals surface area contributed by atoms with Gasteiger partial charge in [-0.1, -0.05) is 36.4 Å². The number of fused-ring (bicyclic) bond motifs is 2. The van der Waals surface area contributed by atoms with Gasteiger partial charge in [0.1, 0.15) is 12.0 Å². The topological polar surface area (TPSA) is 51.2 Å². The molecule has 1 unspecified atom stereocenters. The van der Waals surface area contributed by atoms with E-state index in [1.807, 2.05) is 24.3 Å². The Morgan fingerprint density at radius 3 is 2.44 bits per heavy atom. The van der Waals surface area contributed by atoms with Crippen LogP contribution in [0.2, 0.25) is 0 Å². The van der Waals surface area contributed by atoms with Crippen LogP contribution in [0.5, 0.6) is 17.2 Å². The highest BCUT2D eigenvalue weighted by Crippen LogP contribution is 2.41. The predicted molar refractivity (Wildman–Crippen MR) is 172 cm³/mol. The van der Waals surface area contributed by atoms with Crippen LogP contribution in [0.3, 0.4) is 0 Å². The normalized spacial score (nSPS) is 19.6. The molecule has 0 radical (unpaired) electrons. The summed E-state index contributed by atoms with van der Waals surface area (Å²) in [6, 6.07) is 20.9. The first kappa shape index (κ1) is 29.1. The summed E-state index contributed by atoms with van der Waals surface area (Å²) >= 11 is 0. The second-order valence-electron chi connectivity index (χ2n) is 12.2. The third kappa shape index (κ3) is 6.21. The number of benzene rings is 3. The Bertz CT molecular complexity index is 1520. The Morgan fingerprint density at radius 2 is 1.72 bits per heavy atom. The van der Waals surface area contributed by atoms with Crippen molar-refractivity contribution in [3.05, 3.63) is 101 Å². The molecule has 0 bridgehead atoms. The van der Waals surface area contributed by atoms with Crippen molar-refractivity contribution < 1.29 is 19.0 Å². The number of methoxy groups -OCH3 is 2. The van der Waals surface area contributed by atoms with Gasteiger partial charge in [-0.05, 0) is 106 Å². The summed E-state index contributed by atoms with van der Waals surface area (Å²) in [5, 5.41) is 0. The van der Waals surface area contributed by atoms with Gasteiger partial charge in [0.05, 0.1) is 19.9 Å². The molecule has 224 valence electrons. The third-order valence-electron chi connectivity index (χ3n) is 9.10. The van der Waals surface area contributed by atoms with E-state index in [0.29, 0.717) is 17.4 Å². The smallest absolute Gasteiger partial charge is 0.168 e. The minimum absolute atomic E-state index is 0.0326. The van der Waals surface area contributed by atoms with Crippen LogP contribution in [0.25, 0.3) is 6.08 Å². The molecule has 0 amide bonds. The summed E-state index contributed by atoms with van der Waals surface area (Å²) in [5.74, 6) is 2.91. The average Bonchev–Trinajstić information content (AvgIpc) is 3.33. The number of hydrogen-bond donors (Lipinski definition) is 0. The SMILES string of the molecule is COc1ccc2c(c1)C=C/C(=C/Oc1cc3c(cc1OC)C(=O)C(CC1CCN(Cc4ccccc4)CC1)C3)N2C(C)C. The summed E-state index contributed by atoms with van der Waals surface area (Å²) in [7, 11) is 3.32. The second-order valence-corrected chi connectivity index (χ2v) is 12.2. The van der Waals surface area contributed by atoms with Gasteiger partial charge < -0.3 is 19.1 Å². The highest BCUT2D eigenvalue weighted by Gasteiger charge is 2.34. The molecule has 6 nitrogen and oxygen atoms in total. The van der Waals surface area contributed by atoms with Crippen LogP contribution in [0, 0.1) is 11.8 Å². The largest absolute Gasteiger partial charge is 0.497 e. The van der Waals surface area contributed by atoms with Gasteiger partial charge in [0.15, 0.2) is 17.3 Å². The number of ketones is 1. The molecule has 0 N–H and O–H groups in total. The first-order chi connectivity index (χ1) is 20.9. The number of carbonyl (C=O) groups excluding carboxylic acids is 1. The molecule has 3 aliphatic rings. The lowest BCUT2D eigenvalue weighted by atomic mass is 9.85. The molecule has 43 heavy (non-hydrogen) atoms. The first-order valence-electron chi connectivity index (χ1n) is 15.5. The molecule has 0 spiro atoms. The maximum atomic E-state index is 13.5. The van der Waals surface area contributed by atoms with Crippen molar-refractivity contribution in [3.8, 4) is 17.2 Å². The number of carbonyl (C=O) groups is 1. The van der Waals surface area contributed by atoms with Gasteiger partial charge in [-0.3, -0.25) is 9.69 Å². The van der Waals surface area contributed by atoms with E-state index in [-0.39, 0.29) is 17.7 Å². The number of piperidine rings is 1. The molecular weight excluding hydrogens is 536 g/mol. The van der Waals surface area contributed by atoms with Crippen LogP contribution in [0.15, 0.2) is 78.7 Å². The zero-order valence-electron chi connectivity index (χ0n) is 25.7. The summed E-state index contributed by atoms with van der Waals surface area (Å²) in [4.78, 5) is 18.3. The number of nitrogens with zero attached hydrogens (tertiary/aromatic N) is 2. The molecule has 0 saturated carbocycles. The van der Waals surface area contributed by atoms with Gasteiger partial charge >= 0.3 is 0 Å². The fourth-order valence-corrected chi connectivity index (χ4v) is 6.85. The molecule has 1 aliphatic carbocycles. The standard InChI is InChI=1S/C37H42N2O4/c1-25(2)39-31(11-10-28-20-32(41-3)12-13-34(28)39)24-43-36-21-29-19-30(37(40)33(29)22-35(36)42-4)18-26-14-16-38(17-15-26)23-27-8-6-5-7-9-27/h5-13,20-22,24-26,30H,14-19,23H2,1-4H3/b31-24-. The van der Waals surface area contributed by atoms with E-state index in [9.17, 15) is 4.79 Å². The van der Waals surface area contributed by atoms with Crippen molar-refractivity contribution in [2.75, 3.05) is 32.2 Å². The summed E-state index contributed by atoms with van der Waals surface area (Å²) < 4.78 is 17.4. The van der Waals surface area contributed by atoms with E-state index in [4.69, 9.17) is 14.2 Å². The summed E-state index contributed by atoms with van der Waals surface area (Å²) in [5.41, 5.74) is 6.37. The van der Waals surface area contributed by atoms with Crippen molar-refractivity contribution in [1.29, 1.82) is 0 Å². The number of ether oxygens (including phenoxy) is 3. The number of hydrogen-bond acceptors (Lipinski definition) is 6. The molecule has 1 fully saturated rings. The van der Waals surface area contributed by atoms with E-state index in [2.05, 4.69) is 72.2 Å². The van der Waals surface area contributed by atoms with Gasteiger partial charge in [-0.15, -0.1) is 0 Å². The van der Waals surface area contributed by atoms with Crippen LogP contribution in [-0.4, -0.2) is 44.0 Å². The van der Waals surface area contributed by atoms with Crippen LogP contribution >= 0.6 is 0 Å². The molecule has 3 aromatic carbocycles. The molecule has 2 aliphatic heterocycles. The van der Waals surface area contributed by atoms with E-state index < -0.39 is 0 Å². The van der Waals surface area contributed by atoms with Gasteiger partial charge in [-0.25, -0.2) is 0 Å². The van der Waals surface area contributed by atoms with Gasteiger partial charge in [0, 0.05) is 35.3 Å². The van der Waals surface area contributed by atoms with E-state index in [1.165, 1.54) is 5.56 Å². The monoisotopic (exact) mass is 578 g/mol. The van der Waals surface area contributed by atoms with Crippen LogP contribution in [-0.2, 0) is 13.0 Å². The zero-order chi connectivity index (χ0) is 29.9. The Balaban J connectivity index is 1.13. The fourth-order valence-electron chi connectivity index (χ4n) is 6.85. The third-order valence-corrected chi connectivity index (χ3v) is 9.10. The molecule has 1 saturated heterocycles. The maximum Gasteiger partial charge on any atom is 0.168 e. The molecule has 6 rings (SSSR count). The zero-order valence-corrected chi connectivity index (χ0v) is 25.7. The van der Waals surface area contributed by atoms with Gasteiger partial charge in [0.25, 0.3) is 0 Å². The quantitative estimate of drug-likeness (QED) is 0.245. The van der Waals surface area contributed by atoms with E-state index in [0.717, 1.165) is 79.1 Å². The van der Waals surface area contributed by atoms with E-state index >= 15 is 0 Å². The minimum Gasteiger partial charge on any atom is -0.497 e. The summed E-state index contributed by atoms with van der Waals surface area (Å²) in [6.45, 7) is 7.51. The molecule has 2 heterocycles. The van der Waals surface area contributed by atoms with Gasteiger partial charge in [0.2, 0.25) is 0 Å². The Labute approximate surface area is 255 Å². The van der Waals surface area contributed by atoms with Crippen molar-refractivity contribution in [1.82, 2.24) is 4.90 Å². The molecule has 0 aromatic heterocycles. The predicted octanol–water partition coefficient (Wildman–Crippen LogP) is 7.52. The lowest BCUT2D eigenvalue weighted by Crippen LogP contribution is -2.34. The Morgan fingerprint density at radius 1 is 0.930 bits per heavy atom. The Hall–Kier alpha value is -4.03. The number of likely N-dealkylation sites (tertiary alicyclic amines) is 1. The number of Topliss-reactive ketones (excluding diaryl/α,β-unsaturated/α-hetero) is 1.